The van der Waals surface area contributed by atoms with E-state index in [1.807, 2.05) is 6.92 Å². The average Bonchev–Trinajstić information content (AvgIpc) is 0.676. The molecule has 6 saturated carbocycles. The summed E-state index contributed by atoms with van der Waals surface area (Å²) < 4.78 is 71.4. The molecule has 133 heavy (non-hydrogen) atoms. The van der Waals surface area contributed by atoms with Gasteiger partial charge in [0.2, 0.25) is 0 Å². The lowest BCUT2D eigenvalue weighted by atomic mass is 9.43. The molecule has 0 aromatic heterocycles. The van der Waals surface area contributed by atoms with Crippen LogP contribution in [0.5, 0.6) is 0 Å². The van der Waals surface area contributed by atoms with Gasteiger partial charge in [-0.15, -0.1) is 0 Å². The van der Waals surface area contributed by atoms with Gasteiger partial charge in [-0.25, -0.2) is 14.4 Å². The number of carbonyl (C=O) groups excluding carboxylic acids is 10. The van der Waals surface area contributed by atoms with Crippen molar-refractivity contribution in [2.45, 2.75) is 322 Å². The summed E-state index contributed by atoms with van der Waals surface area (Å²) in [6.45, 7) is 38.6. The zero-order chi connectivity index (χ0) is 98.7. The molecule has 3 aromatic carbocycles. The van der Waals surface area contributed by atoms with Gasteiger partial charge in [-0.05, 0) is 130 Å². The zero-order valence-electron chi connectivity index (χ0n) is 80.1. The Kier molecular flexibility index (Phi) is 28.9. The highest BCUT2D eigenvalue weighted by atomic mass is 16.7. The number of aliphatic hydroxyl groups excluding tert-OH is 7. The molecule has 0 spiro atoms. The van der Waals surface area contributed by atoms with Gasteiger partial charge in [0.1, 0.15) is 65.6 Å². The second-order valence-electron chi connectivity index (χ2n) is 40.7. The van der Waals surface area contributed by atoms with Gasteiger partial charge in [-0.1, -0.05) is 138 Å². The number of hydrogen-bond acceptors (Lipinski definition) is 33. The molecule has 33 nitrogen and oxygen atoms in total. The van der Waals surface area contributed by atoms with E-state index in [0.717, 1.165) is 6.92 Å². The van der Waals surface area contributed by atoms with E-state index in [2.05, 4.69) is 25.7 Å². The molecule has 0 radical (unpaired) electrons. The Balaban J connectivity index is 0.000000173. The monoisotopic (exact) mass is 1860 g/mol. The zero-order valence-corrected chi connectivity index (χ0v) is 80.1. The van der Waals surface area contributed by atoms with Crippen molar-refractivity contribution >= 4 is 59.5 Å². The summed E-state index contributed by atoms with van der Waals surface area (Å²) in [5, 5.41) is 121. The molecule has 9 fully saturated rings. The molecule has 9 aliphatic carbocycles. The molecule has 29 atom stereocenters. The van der Waals surface area contributed by atoms with Crippen LogP contribution in [0.3, 0.4) is 0 Å². The van der Waals surface area contributed by atoms with Crippen LogP contribution in [0.4, 0.5) is 0 Å². The van der Waals surface area contributed by atoms with E-state index in [0.29, 0.717) is 28.7 Å². The van der Waals surface area contributed by atoms with E-state index in [9.17, 15) is 99.0 Å². The smallest absolute Gasteiger partial charge is 0.338 e. The van der Waals surface area contributed by atoms with Gasteiger partial charge in [0.25, 0.3) is 0 Å². The fraction of sp³-hybridized carbons (Fsp3) is 0.660. The molecular weight excluding hydrogens is 1730 g/mol. The highest BCUT2D eigenvalue weighted by molar-refractivity contribution is 5.96. The molecule has 3 saturated heterocycles. The SMILES string of the molecule is CC(=O)O[C@@H]1C2=C(C)[C@@H](O)C[C@@](O)([C@@H](OC(=O)c3ccccc3)C3[C@](C)([C@@H]1O)[C@@H](C)C[C@H]1OC[C@@]31OC(C)=O)C2(C)C.CC(=O)O[C@@H]1C2=C(C)[C@@H](O)C[C@@](O)([C@@H](OC(=O)c3ccccc3)C3[C@](C)([C@@H]1O)[C@@H](O)C[C@H]1OC[C@@]31OC(C)=O)C2(C)C.CC(=O)O[C@H]1C(=O)[C@@]2(C)C([C@H](OC(=O)c3ccccc3)[C@]3(O)C[C@H](O)C(C)=C1C3(C)C)[C@]1(OC(C)=O)CO[C@@H]1C[C@@H]2O.CCN(CC)CC. The molecule has 3 heterocycles. The molecule has 0 amide bonds. The summed E-state index contributed by atoms with van der Waals surface area (Å²) in [6.07, 6.45) is -21.3. The maximum atomic E-state index is 14.8. The van der Waals surface area contributed by atoms with E-state index < -0.39 is 241 Å². The summed E-state index contributed by atoms with van der Waals surface area (Å²) >= 11 is 0. The van der Waals surface area contributed by atoms with E-state index in [-0.39, 0.29) is 85.7 Å². The normalized spacial score (nSPS) is 39.9. The number of rotatable bonds is 15. The number of benzene rings is 3. The number of ketones is 1. The van der Waals surface area contributed by atoms with Crippen LogP contribution in [0, 0.1) is 56.2 Å². The third kappa shape index (κ3) is 16.6. The van der Waals surface area contributed by atoms with Gasteiger partial charge in [0.05, 0.1) is 90.2 Å². The standard InChI is InChI=1S/C32H42O10.C31H40O11.C31H38O11.C6H15N/c1-16-13-22-31(15-39-22,42-19(4)34)25-27(41-28(37)20-11-9-8-10-12-20)32(38)14-21(35)17(2)23(29(32,5)6)24(40-18(3)33)26(36)30(16,25)7;2*1-15-19(34)13-31(38)26(41-27(37)18-10-8-7-9-11-18)24-29(6,20(35)12-21-30(24,14-39-21)42-17(3)33)25(36)23(40-16(2)32)22(15)28(31,4)5;1-4-7(5-2)6-3/h8-12,16,21-22,24-27,35-36,38H,13-15H2,1-7H3;7-11,19-21,23-26,34-36,38H,12-14H2,1-6H3;7-11,19-21,23-24,26,34-35,38H,12-14H2,1-6H3;4-6H2,1-3H3/t16-,21-,22+,24+,25?,26+,27-,30+,31-,32+;19-,20-,21+,23+,24?,25+,26-,29+,30-,31+;19-,20-,21+,23+,24?,26-,29+,30-,31+;/m000./s1. The molecule has 3 aliphatic heterocycles. The van der Waals surface area contributed by atoms with Gasteiger partial charge in [-0.2, -0.15) is 0 Å². The van der Waals surface area contributed by atoms with Crippen molar-refractivity contribution in [1.29, 1.82) is 0 Å². The molecule has 6 bridgehead atoms. The highest BCUT2D eigenvalue weighted by Gasteiger charge is 2.82. The maximum Gasteiger partial charge on any atom is 0.338 e. The lowest BCUT2D eigenvalue weighted by molar-refractivity contribution is -0.365. The Bertz CT molecular complexity index is 4840. The van der Waals surface area contributed by atoms with Crippen molar-refractivity contribution in [3.8, 4) is 0 Å². The van der Waals surface area contributed by atoms with Crippen LogP contribution in [-0.2, 0) is 90.4 Å². The highest BCUT2D eigenvalue weighted by Crippen LogP contribution is 2.70. The number of nitrogens with zero attached hydrogens (tertiary/aromatic N) is 1. The molecule has 12 aliphatic rings. The Hall–Kier alpha value is -8.78. The van der Waals surface area contributed by atoms with Crippen molar-refractivity contribution in [3.05, 3.63) is 141 Å². The summed E-state index contributed by atoms with van der Waals surface area (Å²) in [4.78, 5) is 133. The Morgan fingerprint density at radius 2 is 0.684 bits per heavy atom. The summed E-state index contributed by atoms with van der Waals surface area (Å²) in [5.74, 6) is -11.2. The number of Topliss-reactive ketones (excluding diaryl/α,β-unsaturated/α-hetero) is 1. The van der Waals surface area contributed by atoms with E-state index in [1.54, 1.807) is 155 Å². The summed E-state index contributed by atoms with van der Waals surface area (Å²) in [7, 11) is 0. The molecule has 33 heteroatoms. The quantitative estimate of drug-likeness (QED) is 0.0409. The van der Waals surface area contributed by atoms with Crippen molar-refractivity contribution < 1.29 is 156 Å². The van der Waals surface area contributed by atoms with Gasteiger partial charge in [0.15, 0.2) is 40.9 Å². The molecule has 732 valence electrons. The lowest BCUT2D eigenvalue weighted by Crippen LogP contribution is -2.82. The second kappa shape index (κ2) is 37.3. The number of aliphatic hydroxyl groups is 10. The van der Waals surface area contributed by atoms with Crippen molar-refractivity contribution in [3.63, 3.8) is 0 Å². The minimum Gasteiger partial charge on any atom is -0.455 e. The van der Waals surface area contributed by atoms with Crippen LogP contribution < -0.4 is 0 Å². The van der Waals surface area contributed by atoms with Crippen LogP contribution in [0.1, 0.15) is 222 Å². The molecule has 3 unspecified atom stereocenters. The maximum absolute atomic E-state index is 14.8. The van der Waals surface area contributed by atoms with Gasteiger partial charge in [-0.3, -0.25) is 33.6 Å². The van der Waals surface area contributed by atoms with E-state index in [1.165, 1.54) is 73.3 Å². The second-order valence-corrected chi connectivity index (χ2v) is 40.7. The lowest BCUT2D eigenvalue weighted by Gasteiger charge is -2.69. The largest absolute Gasteiger partial charge is 0.455 e. The topological polar surface area (TPSA) is 487 Å². The van der Waals surface area contributed by atoms with Crippen LogP contribution in [0.15, 0.2) is 124 Å². The number of ether oxygens (including phenoxy) is 12. The fourth-order valence-electron chi connectivity index (χ4n) is 25.2. The third-order valence-electron chi connectivity index (χ3n) is 32.9. The fourth-order valence-corrected chi connectivity index (χ4v) is 25.2. The Morgan fingerprint density at radius 1 is 0.391 bits per heavy atom. The average molecular weight is 1860 g/mol. The number of carbonyl (C=O) groups is 10. The van der Waals surface area contributed by atoms with Crippen LogP contribution >= 0.6 is 0 Å². The van der Waals surface area contributed by atoms with Crippen molar-refractivity contribution in [2.75, 3.05) is 39.5 Å². The molecule has 3 aromatic rings. The van der Waals surface area contributed by atoms with E-state index >= 15 is 0 Å². The predicted molar refractivity (Wildman–Crippen MR) is 473 cm³/mol. The molecule has 10 N–H and O–H groups in total. The first-order valence-electron chi connectivity index (χ1n) is 46.0. The van der Waals surface area contributed by atoms with Crippen molar-refractivity contribution in [2.24, 2.45) is 56.2 Å². The Morgan fingerprint density at radius 3 is 0.992 bits per heavy atom. The van der Waals surface area contributed by atoms with Gasteiger partial charge >= 0.3 is 53.7 Å². The van der Waals surface area contributed by atoms with Crippen LogP contribution in [-0.4, -0.2) is 286 Å². The first kappa shape index (κ1) is 103. The minimum absolute atomic E-state index is 0.0463. The first-order chi connectivity index (χ1) is 61.9. The number of fused-ring (bicyclic) bond motifs is 15. The van der Waals surface area contributed by atoms with Gasteiger partial charge < -0.3 is 113 Å². The number of esters is 9. The molecular formula is C100H135NO32. The van der Waals surface area contributed by atoms with Crippen LogP contribution in [0.25, 0.3) is 0 Å². The first-order valence-corrected chi connectivity index (χ1v) is 46.0. The van der Waals surface area contributed by atoms with Crippen molar-refractivity contribution in [1.82, 2.24) is 4.90 Å². The Labute approximate surface area is 775 Å². The van der Waals surface area contributed by atoms with Gasteiger partial charge in [0, 0.05) is 101 Å². The molecule has 15 rings (SSSR count). The number of hydrogen-bond donors (Lipinski definition) is 10. The van der Waals surface area contributed by atoms with E-state index in [4.69, 9.17) is 56.8 Å². The minimum atomic E-state index is -2.11. The summed E-state index contributed by atoms with van der Waals surface area (Å²) in [6, 6.07) is 24.5. The van der Waals surface area contributed by atoms with Crippen LogP contribution in [0.2, 0.25) is 0 Å². The predicted octanol–water partition coefficient (Wildman–Crippen LogP) is 7.16. The summed E-state index contributed by atoms with van der Waals surface area (Å²) in [5.41, 5.74) is -17.0. The third-order valence-corrected chi connectivity index (χ3v) is 32.9.